The molecule has 156 valence electrons. The maximum atomic E-state index is 13.0. The molecule has 2 aromatic carbocycles. The largest absolute Gasteiger partial charge is 0.497 e. The summed E-state index contributed by atoms with van der Waals surface area (Å²) in [5.74, 6) is -0.686. The predicted molar refractivity (Wildman–Crippen MR) is 112 cm³/mol. The van der Waals surface area contributed by atoms with E-state index in [4.69, 9.17) is 9.47 Å². The lowest BCUT2D eigenvalue weighted by molar-refractivity contribution is -0.125. The van der Waals surface area contributed by atoms with E-state index in [2.05, 4.69) is 20.4 Å². The predicted octanol–water partition coefficient (Wildman–Crippen LogP) is 2.98. The molecule has 0 aliphatic carbocycles. The van der Waals surface area contributed by atoms with Gasteiger partial charge in [-0.1, -0.05) is 36.4 Å². The Hall–Kier alpha value is -4.27. The molecule has 9 heteroatoms. The number of esters is 1. The number of benzene rings is 2. The highest BCUT2D eigenvalue weighted by Gasteiger charge is 2.28. The number of methoxy groups -OCH3 is 1. The van der Waals surface area contributed by atoms with Crippen LogP contribution < -0.4 is 10.1 Å². The molecule has 0 aliphatic heterocycles. The highest BCUT2D eigenvalue weighted by molar-refractivity contribution is 5.97. The number of hydrogen-bond donors (Lipinski definition) is 1. The average Bonchev–Trinajstić information content (AvgIpc) is 3.24. The fraction of sp³-hybridized carbons (Fsp3) is 0.136. The van der Waals surface area contributed by atoms with E-state index in [1.165, 1.54) is 11.6 Å². The minimum atomic E-state index is -1.21. The second-order valence-corrected chi connectivity index (χ2v) is 6.65. The standard InChI is InChI=1S/C22H19N5O4/c1-14-11-12-23-22-25-19(26-27(14)22)21(29)31-18(15-7-4-3-5-8-15)20(28)24-16-9-6-10-17(13-16)30-2/h3-13,18H,1-2H3,(H,24,28)/t18-/m0/s1. The van der Waals surface area contributed by atoms with Gasteiger partial charge >= 0.3 is 5.97 Å². The van der Waals surface area contributed by atoms with E-state index in [9.17, 15) is 9.59 Å². The molecule has 0 saturated carbocycles. The first-order valence-corrected chi connectivity index (χ1v) is 9.44. The van der Waals surface area contributed by atoms with Crippen LogP contribution in [-0.4, -0.2) is 38.6 Å². The van der Waals surface area contributed by atoms with Gasteiger partial charge in [0.15, 0.2) is 0 Å². The number of carbonyl (C=O) groups is 2. The lowest BCUT2D eigenvalue weighted by Gasteiger charge is -2.17. The van der Waals surface area contributed by atoms with Gasteiger partial charge in [0, 0.05) is 29.2 Å². The number of aryl methyl sites for hydroxylation is 1. The molecule has 1 amide bonds. The van der Waals surface area contributed by atoms with E-state index in [-0.39, 0.29) is 11.6 Å². The quantitative estimate of drug-likeness (QED) is 0.481. The maximum absolute atomic E-state index is 13.0. The summed E-state index contributed by atoms with van der Waals surface area (Å²) in [6.07, 6.45) is 0.364. The SMILES string of the molecule is COc1cccc(NC(=O)[C@@H](OC(=O)c2nc3nccc(C)n3n2)c2ccccc2)c1. The van der Waals surface area contributed by atoms with Gasteiger partial charge in [0.2, 0.25) is 6.10 Å². The Morgan fingerprint density at radius 3 is 2.61 bits per heavy atom. The Labute approximate surface area is 177 Å². The molecule has 0 saturated heterocycles. The van der Waals surface area contributed by atoms with Crippen molar-refractivity contribution in [3.63, 3.8) is 0 Å². The molecular formula is C22H19N5O4. The van der Waals surface area contributed by atoms with Crippen molar-refractivity contribution in [1.82, 2.24) is 19.6 Å². The Bertz CT molecular complexity index is 1240. The van der Waals surface area contributed by atoms with Crippen molar-refractivity contribution in [1.29, 1.82) is 0 Å². The second kappa shape index (κ2) is 8.62. The Kier molecular flexibility index (Phi) is 5.57. The number of anilines is 1. The Morgan fingerprint density at radius 2 is 1.87 bits per heavy atom. The van der Waals surface area contributed by atoms with Gasteiger partial charge in [0.25, 0.3) is 17.5 Å². The van der Waals surface area contributed by atoms with E-state index >= 15 is 0 Å². The van der Waals surface area contributed by atoms with Gasteiger partial charge in [-0.15, -0.1) is 5.10 Å². The van der Waals surface area contributed by atoms with Gasteiger partial charge in [-0.2, -0.15) is 4.98 Å². The molecule has 0 aliphatic rings. The first kappa shape index (κ1) is 20.0. The van der Waals surface area contributed by atoms with Crippen LogP contribution in [0.15, 0.2) is 66.9 Å². The molecule has 1 atom stereocenters. The molecule has 0 fully saturated rings. The summed E-state index contributed by atoms with van der Waals surface area (Å²) >= 11 is 0. The molecular weight excluding hydrogens is 398 g/mol. The molecule has 4 aromatic rings. The van der Waals surface area contributed by atoms with Crippen LogP contribution in [-0.2, 0) is 9.53 Å². The van der Waals surface area contributed by atoms with Crippen LogP contribution in [0, 0.1) is 6.92 Å². The van der Waals surface area contributed by atoms with Crippen molar-refractivity contribution in [2.75, 3.05) is 12.4 Å². The summed E-state index contributed by atoms with van der Waals surface area (Å²) in [4.78, 5) is 34.0. The van der Waals surface area contributed by atoms with Crippen LogP contribution in [0.4, 0.5) is 5.69 Å². The van der Waals surface area contributed by atoms with Gasteiger partial charge in [-0.25, -0.2) is 14.3 Å². The van der Waals surface area contributed by atoms with Gasteiger partial charge in [0.1, 0.15) is 5.75 Å². The third-order valence-electron chi connectivity index (χ3n) is 4.52. The molecule has 9 nitrogen and oxygen atoms in total. The number of amides is 1. The minimum Gasteiger partial charge on any atom is -0.497 e. The molecule has 0 radical (unpaired) electrons. The van der Waals surface area contributed by atoms with E-state index in [1.807, 2.05) is 6.92 Å². The summed E-state index contributed by atoms with van der Waals surface area (Å²) in [5.41, 5.74) is 1.77. The van der Waals surface area contributed by atoms with Crippen molar-refractivity contribution in [3.05, 3.63) is 83.9 Å². The zero-order chi connectivity index (χ0) is 21.8. The summed E-state index contributed by atoms with van der Waals surface area (Å²) in [6.45, 7) is 1.81. The smallest absolute Gasteiger partial charge is 0.379 e. The third kappa shape index (κ3) is 4.35. The minimum absolute atomic E-state index is 0.183. The number of hydrogen-bond acceptors (Lipinski definition) is 7. The summed E-state index contributed by atoms with van der Waals surface area (Å²) in [7, 11) is 1.54. The van der Waals surface area contributed by atoms with Crippen LogP contribution in [0.1, 0.15) is 28.0 Å². The molecule has 4 rings (SSSR count). The molecule has 0 unspecified atom stereocenters. The van der Waals surface area contributed by atoms with Crippen molar-refractivity contribution < 1.29 is 19.1 Å². The normalized spacial score (nSPS) is 11.7. The lowest BCUT2D eigenvalue weighted by atomic mass is 10.1. The van der Waals surface area contributed by atoms with E-state index in [0.29, 0.717) is 17.0 Å². The molecule has 1 N–H and O–H groups in total. The topological polar surface area (TPSA) is 108 Å². The fourth-order valence-corrected chi connectivity index (χ4v) is 2.96. The number of fused-ring (bicyclic) bond motifs is 1. The summed E-state index contributed by atoms with van der Waals surface area (Å²) in [5, 5.41) is 6.90. The van der Waals surface area contributed by atoms with Gasteiger partial charge in [-0.3, -0.25) is 4.79 Å². The van der Waals surface area contributed by atoms with Gasteiger partial charge in [-0.05, 0) is 25.1 Å². The lowest BCUT2D eigenvalue weighted by Crippen LogP contribution is -2.26. The van der Waals surface area contributed by atoms with E-state index < -0.39 is 18.0 Å². The molecule has 31 heavy (non-hydrogen) atoms. The number of nitrogens with zero attached hydrogens (tertiary/aromatic N) is 4. The zero-order valence-electron chi connectivity index (χ0n) is 16.9. The van der Waals surface area contributed by atoms with Crippen LogP contribution in [0.25, 0.3) is 5.78 Å². The van der Waals surface area contributed by atoms with Crippen molar-refractivity contribution in [3.8, 4) is 5.75 Å². The summed E-state index contributed by atoms with van der Waals surface area (Å²) < 4.78 is 12.2. The van der Waals surface area contributed by atoms with Crippen molar-refractivity contribution in [2.24, 2.45) is 0 Å². The van der Waals surface area contributed by atoms with Crippen molar-refractivity contribution in [2.45, 2.75) is 13.0 Å². The molecule has 0 spiro atoms. The molecule has 0 bridgehead atoms. The summed E-state index contributed by atoms with van der Waals surface area (Å²) in [6, 6.07) is 17.3. The average molecular weight is 417 g/mol. The fourth-order valence-electron chi connectivity index (χ4n) is 2.96. The first-order valence-electron chi connectivity index (χ1n) is 9.44. The number of nitrogens with one attached hydrogen (secondary N) is 1. The van der Waals surface area contributed by atoms with E-state index in [1.54, 1.807) is 66.9 Å². The number of ether oxygens (including phenoxy) is 2. The highest BCUT2D eigenvalue weighted by Crippen LogP contribution is 2.23. The second-order valence-electron chi connectivity index (χ2n) is 6.65. The first-order chi connectivity index (χ1) is 15.0. The number of aromatic nitrogens is 4. The number of carbonyl (C=O) groups excluding carboxylic acids is 2. The third-order valence-corrected chi connectivity index (χ3v) is 4.52. The zero-order valence-corrected chi connectivity index (χ0v) is 16.9. The van der Waals surface area contributed by atoms with Gasteiger partial charge in [0.05, 0.1) is 7.11 Å². The van der Waals surface area contributed by atoms with Crippen LogP contribution in [0.3, 0.4) is 0 Å². The number of rotatable bonds is 6. The monoisotopic (exact) mass is 417 g/mol. The van der Waals surface area contributed by atoms with Gasteiger partial charge < -0.3 is 14.8 Å². The van der Waals surface area contributed by atoms with Crippen LogP contribution >= 0.6 is 0 Å². The molecule has 2 aromatic heterocycles. The Morgan fingerprint density at radius 1 is 1.06 bits per heavy atom. The highest BCUT2D eigenvalue weighted by atomic mass is 16.5. The van der Waals surface area contributed by atoms with Crippen molar-refractivity contribution >= 4 is 23.3 Å². The van der Waals surface area contributed by atoms with Crippen LogP contribution in [0.5, 0.6) is 5.75 Å². The molecule has 2 heterocycles. The van der Waals surface area contributed by atoms with Crippen LogP contribution in [0.2, 0.25) is 0 Å². The maximum Gasteiger partial charge on any atom is 0.379 e. The van der Waals surface area contributed by atoms with E-state index in [0.717, 1.165) is 5.69 Å². The Balaban J connectivity index is 1.60.